The summed E-state index contributed by atoms with van der Waals surface area (Å²) in [7, 11) is 1.66. The van der Waals surface area contributed by atoms with Gasteiger partial charge in [0.1, 0.15) is 0 Å². The maximum absolute atomic E-state index is 12.3. The molecule has 1 amide bonds. The fraction of sp³-hybridized carbons (Fsp3) is 0.368. The average molecular weight is 312 g/mol. The number of carbonyl (C=O) groups is 1. The minimum absolute atomic E-state index is 0.106. The molecule has 2 rings (SSSR count). The second-order valence-electron chi connectivity index (χ2n) is 6.93. The van der Waals surface area contributed by atoms with Crippen LogP contribution in [0.15, 0.2) is 47.4 Å². The minimum Gasteiger partial charge on any atom is -0.346 e. The number of carbonyl (C=O) groups excluding carboxylic acids is 1. The molecular weight excluding hydrogens is 288 g/mol. The molecule has 4 nitrogen and oxygen atoms in total. The number of rotatable bonds is 3. The van der Waals surface area contributed by atoms with Crippen LogP contribution < -0.4 is 10.9 Å². The van der Waals surface area contributed by atoms with Gasteiger partial charge in [-0.2, -0.15) is 0 Å². The van der Waals surface area contributed by atoms with Crippen LogP contribution in [0.4, 0.5) is 0 Å². The van der Waals surface area contributed by atoms with Crippen molar-refractivity contribution in [2.24, 2.45) is 7.05 Å². The van der Waals surface area contributed by atoms with Gasteiger partial charge in [0.2, 0.25) is 0 Å². The Kier molecular flexibility index (Phi) is 4.73. The van der Waals surface area contributed by atoms with Crippen LogP contribution >= 0.6 is 0 Å². The van der Waals surface area contributed by atoms with E-state index in [1.807, 2.05) is 19.1 Å². The van der Waals surface area contributed by atoms with Gasteiger partial charge in [0, 0.05) is 24.9 Å². The molecule has 1 unspecified atom stereocenters. The number of pyridine rings is 1. The van der Waals surface area contributed by atoms with Crippen molar-refractivity contribution in [2.45, 2.75) is 39.2 Å². The molecule has 1 aromatic heterocycles. The monoisotopic (exact) mass is 312 g/mol. The van der Waals surface area contributed by atoms with E-state index in [0.29, 0.717) is 5.56 Å². The molecule has 122 valence electrons. The summed E-state index contributed by atoms with van der Waals surface area (Å²) in [5.41, 5.74) is 2.59. The van der Waals surface area contributed by atoms with Gasteiger partial charge in [0.05, 0.1) is 6.04 Å². The summed E-state index contributed by atoms with van der Waals surface area (Å²) in [6.07, 6.45) is 1.60. The molecule has 0 radical (unpaired) electrons. The third-order valence-corrected chi connectivity index (χ3v) is 3.99. The number of benzene rings is 1. The standard InChI is InChI=1S/C19H24N2O2/c1-13(14-6-8-16(9-7-14)19(2,3)4)20-18(23)15-10-11-21(5)17(22)12-15/h6-13H,1-5H3,(H,20,23). The van der Waals surface area contributed by atoms with Gasteiger partial charge in [-0.1, -0.05) is 45.0 Å². The Morgan fingerprint density at radius 1 is 1.13 bits per heavy atom. The van der Waals surface area contributed by atoms with Crippen LogP contribution in [0.1, 0.15) is 55.2 Å². The Balaban J connectivity index is 2.12. The Bertz CT molecular complexity index is 752. The summed E-state index contributed by atoms with van der Waals surface area (Å²) < 4.78 is 1.44. The first-order valence-corrected chi connectivity index (χ1v) is 7.76. The Labute approximate surface area is 137 Å². The van der Waals surface area contributed by atoms with E-state index < -0.39 is 0 Å². The van der Waals surface area contributed by atoms with Crippen LogP contribution in [-0.2, 0) is 12.5 Å². The SMILES string of the molecule is CC(NC(=O)c1ccn(C)c(=O)c1)c1ccc(C(C)(C)C)cc1. The zero-order valence-corrected chi connectivity index (χ0v) is 14.4. The lowest BCUT2D eigenvalue weighted by atomic mass is 9.86. The summed E-state index contributed by atoms with van der Waals surface area (Å²) in [5.74, 6) is -0.241. The van der Waals surface area contributed by atoms with Gasteiger partial charge in [-0.05, 0) is 29.5 Å². The largest absolute Gasteiger partial charge is 0.346 e. The van der Waals surface area contributed by atoms with Crippen molar-refractivity contribution in [3.8, 4) is 0 Å². The molecule has 1 atom stereocenters. The van der Waals surface area contributed by atoms with E-state index >= 15 is 0 Å². The molecule has 1 N–H and O–H groups in total. The number of nitrogens with one attached hydrogen (secondary N) is 1. The van der Waals surface area contributed by atoms with Crippen LogP contribution in [0.5, 0.6) is 0 Å². The Morgan fingerprint density at radius 2 is 1.74 bits per heavy atom. The van der Waals surface area contributed by atoms with Gasteiger partial charge >= 0.3 is 0 Å². The van der Waals surface area contributed by atoms with Crippen molar-refractivity contribution in [3.63, 3.8) is 0 Å². The van der Waals surface area contributed by atoms with E-state index in [1.165, 1.54) is 16.2 Å². The lowest BCUT2D eigenvalue weighted by Crippen LogP contribution is -2.28. The summed E-state index contributed by atoms with van der Waals surface area (Å²) in [5, 5.41) is 2.93. The predicted octanol–water partition coefficient (Wildman–Crippen LogP) is 3.17. The summed E-state index contributed by atoms with van der Waals surface area (Å²) in [6, 6.07) is 11.1. The number of hydrogen-bond acceptors (Lipinski definition) is 2. The lowest BCUT2D eigenvalue weighted by molar-refractivity contribution is 0.0939. The first-order valence-electron chi connectivity index (χ1n) is 7.76. The van der Waals surface area contributed by atoms with Gasteiger partial charge in [0.25, 0.3) is 11.5 Å². The third-order valence-electron chi connectivity index (χ3n) is 3.99. The van der Waals surface area contributed by atoms with E-state index in [2.05, 4.69) is 38.2 Å². The molecule has 0 spiro atoms. The highest BCUT2D eigenvalue weighted by Crippen LogP contribution is 2.24. The van der Waals surface area contributed by atoms with Crippen molar-refractivity contribution >= 4 is 5.91 Å². The first kappa shape index (κ1) is 17.0. The summed E-state index contributed by atoms with van der Waals surface area (Å²) in [4.78, 5) is 23.9. The maximum Gasteiger partial charge on any atom is 0.252 e. The summed E-state index contributed by atoms with van der Waals surface area (Å²) >= 11 is 0. The van der Waals surface area contributed by atoms with E-state index in [-0.39, 0.29) is 22.9 Å². The van der Waals surface area contributed by atoms with Gasteiger partial charge < -0.3 is 9.88 Å². The molecule has 4 heteroatoms. The van der Waals surface area contributed by atoms with Crippen molar-refractivity contribution in [1.82, 2.24) is 9.88 Å². The molecule has 0 aliphatic carbocycles. The van der Waals surface area contributed by atoms with Crippen LogP contribution in [0.2, 0.25) is 0 Å². The molecule has 0 saturated heterocycles. The fourth-order valence-electron chi connectivity index (χ4n) is 2.32. The second-order valence-corrected chi connectivity index (χ2v) is 6.93. The number of aromatic nitrogens is 1. The number of amides is 1. The van der Waals surface area contributed by atoms with Crippen molar-refractivity contribution in [1.29, 1.82) is 0 Å². The van der Waals surface area contributed by atoms with Gasteiger partial charge in [-0.15, -0.1) is 0 Å². The molecule has 0 aliphatic rings. The van der Waals surface area contributed by atoms with E-state index in [4.69, 9.17) is 0 Å². The topological polar surface area (TPSA) is 51.1 Å². The van der Waals surface area contributed by atoms with Crippen LogP contribution in [-0.4, -0.2) is 10.5 Å². The molecule has 0 fully saturated rings. The second kappa shape index (κ2) is 6.41. The van der Waals surface area contributed by atoms with Crippen molar-refractivity contribution in [2.75, 3.05) is 0 Å². The van der Waals surface area contributed by atoms with Gasteiger partial charge in [-0.3, -0.25) is 9.59 Å². The minimum atomic E-state index is -0.241. The highest BCUT2D eigenvalue weighted by molar-refractivity contribution is 5.94. The number of aryl methyl sites for hydroxylation is 1. The van der Waals surface area contributed by atoms with E-state index in [1.54, 1.807) is 19.3 Å². The third kappa shape index (κ3) is 4.09. The molecule has 1 heterocycles. The molecular formula is C19H24N2O2. The summed E-state index contributed by atoms with van der Waals surface area (Å²) in [6.45, 7) is 8.44. The molecule has 0 aliphatic heterocycles. The van der Waals surface area contributed by atoms with E-state index in [0.717, 1.165) is 5.56 Å². The van der Waals surface area contributed by atoms with Crippen molar-refractivity contribution in [3.05, 3.63) is 69.6 Å². The average Bonchev–Trinajstić information content (AvgIpc) is 2.49. The Hall–Kier alpha value is -2.36. The molecule has 0 bridgehead atoms. The highest BCUT2D eigenvalue weighted by atomic mass is 16.2. The van der Waals surface area contributed by atoms with Gasteiger partial charge in [-0.25, -0.2) is 0 Å². The number of hydrogen-bond donors (Lipinski definition) is 1. The molecule has 1 aromatic carbocycles. The molecule has 0 saturated carbocycles. The van der Waals surface area contributed by atoms with Crippen molar-refractivity contribution < 1.29 is 4.79 Å². The lowest BCUT2D eigenvalue weighted by Gasteiger charge is -2.20. The quantitative estimate of drug-likeness (QED) is 0.946. The van der Waals surface area contributed by atoms with Crippen LogP contribution in [0, 0.1) is 0 Å². The predicted molar refractivity (Wildman–Crippen MR) is 92.7 cm³/mol. The normalized spacial score (nSPS) is 12.7. The maximum atomic E-state index is 12.3. The smallest absolute Gasteiger partial charge is 0.252 e. The molecule has 2 aromatic rings. The zero-order valence-electron chi connectivity index (χ0n) is 14.4. The van der Waals surface area contributed by atoms with Crippen LogP contribution in [0.3, 0.4) is 0 Å². The highest BCUT2D eigenvalue weighted by Gasteiger charge is 2.15. The first-order chi connectivity index (χ1) is 10.7. The molecule has 23 heavy (non-hydrogen) atoms. The Morgan fingerprint density at radius 3 is 2.26 bits per heavy atom. The van der Waals surface area contributed by atoms with E-state index in [9.17, 15) is 9.59 Å². The van der Waals surface area contributed by atoms with Gasteiger partial charge in [0.15, 0.2) is 0 Å². The fourth-order valence-corrected chi connectivity index (χ4v) is 2.32. The van der Waals surface area contributed by atoms with Crippen LogP contribution in [0.25, 0.3) is 0 Å². The number of nitrogens with zero attached hydrogens (tertiary/aromatic N) is 1. The zero-order chi connectivity index (χ0) is 17.2.